The SMILES string of the molecule is CCOC(=O)[C@H]1C[C@H]2C3=C(CCC3)[C@@H]1C(=O)[C@]21CO1. The lowest BCUT2D eigenvalue weighted by Gasteiger charge is -2.45. The Morgan fingerprint density at radius 1 is 1.42 bits per heavy atom. The van der Waals surface area contributed by atoms with Crippen LogP contribution in [0.2, 0.25) is 0 Å². The van der Waals surface area contributed by atoms with E-state index in [-0.39, 0.29) is 29.5 Å². The first kappa shape index (κ1) is 11.6. The molecule has 1 aliphatic heterocycles. The van der Waals surface area contributed by atoms with E-state index < -0.39 is 5.60 Å². The van der Waals surface area contributed by atoms with Crippen LogP contribution < -0.4 is 0 Å². The lowest BCUT2D eigenvalue weighted by Crippen LogP contribution is -2.54. The Bertz CT molecular complexity index is 500. The number of carbonyl (C=O) groups excluding carboxylic acids is 2. The zero-order valence-corrected chi connectivity index (χ0v) is 11.1. The van der Waals surface area contributed by atoms with E-state index in [1.54, 1.807) is 0 Å². The molecule has 5 aliphatic rings. The van der Waals surface area contributed by atoms with Crippen LogP contribution >= 0.6 is 0 Å². The van der Waals surface area contributed by atoms with Crippen LogP contribution in [0.5, 0.6) is 0 Å². The Morgan fingerprint density at radius 3 is 2.84 bits per heavy atom. The van der Waals surface area contributed by atoms with Crippen LogP contribution in [0.4, 0.5) is 0 Å². The standard InChI is InChI=1S/C15H18O4/c1-2-18-14(17)10-6-11-8-4-3-5-9(8)12(10)13(16)15(11)7-19-15/h10-12H,2-7H2,1H3/t10-,11-,12-,15-/m0/s1. The van der Waals surface area contributed by atoms with Crippen molar-refractivity contribution >= 4 is 11.8 Å². The summed E-state index contributed by atoms with van der Waals surface area (Å²) in [6.07, 6.45) is 3.93. The molecule has 1 spiro atoms. The van der Waals surface area contributed by atoms with Gasteiger partial charge in [-0.25, -0.2) is 0 Å². The molecule has 0 aromatic rings. The van der Waals surface area contributed by atoms with Crippen LogP contribution in [0.3, 0.4) is 0 Å². The lowest BCUT2D eigenvalue weighted by molar-refractivity contribution is -0.157. The summed E-state index contributed by atoms with van der Waals surface area (Å²) >= 11 is 0. The summed E-state index contributed by atoms with van der Waals surface area (Å²) in [6, 6.07) is 0. The number of ketones is 1. The maximum atomic E-state index is 12.7. The summed E-state index contributed by atoms with van der Waals surface area (Å²) in [4.78, 5) is 24.8. The monoisotopic (exact) mass is 262 g/mol. The minimum Gasteiger partial charge on any atom is -0.466 e. The van der Waals surface area contributed by atoms with E-state index in [9.17, 15) is 9.59 Å². The van der Waals surface area contributed by atoms with Gasteiger partial charge in [-0.2, -0.15) is 0 Å². The molecule has 102 valence electrons. The van der Waals surface area contributed by atoms with Crippen molar-refractivity contribution in [1.82, 2.24) is 0 Å². The fourth-order valence-corrected chi connectivity index (χ4v) is 4.47. The Hall–Kier alpha value is -1.16. The van der Waals surface area contributed by atoms with Gasteiger partial charge in [-0.3, -0.25) is 9.59 Å². The van der Waals surface area contributed by atoms with Gasteiger partial charge in [-0.05, 0) is 32.6 Å². The third kappa shape index (κ3) is 1.33. The predicted molar refractivity (Wildman–Crippen MR) is 66.3 cm³/mol. The molecule has 0 radical (unpaired) electrons. The average Bonchev–Trinajstić information content (AvgIpc) is 3.02. The molecule has 0 N–H and O–H groups in total. The summed E-state index contributed by atoms with van der Waals surface area (Å²) in [5, 5.41) is 0. The fourth-order valence-electron chi connectivity index (χ4n) is 4.47. The van der Waals surface area contributed by atoms with Crippen molar-refractivity contribution in [2.75, 3.05) is 13.2 Å². The van der Waals surface area contributed by atoms with Crippen LogP contribution in [0.1, 0.15) is 32.6 Å². The van der Waals surface area contributed by atoms with Gasteiger partial charge in [-0.15, -0.1) is 0 Å². The van der Waals surface area contributed by atoms with Gasteiger partial charge >= 0.3 is 5.97 Å². The summed E-state index contributed by atoms with van der Waals surface area (Å²) in [7, 11) is 0. The average molecular weight is 262 g/mol. The smallest absolute Gasteiger partial charge is 0.310 e. The summed E-state index contributed by atoms with van der Waals surface area (Å²) < 4.78 is 10.7. The number of allylic oxidation sites excluding steroid dienone is 1. The highest BCUT2D eigenvalue weighted by Gasteiger charge is 2.69. The Labute approximate surface area is 112 Å². The van der Waals surface area contributed by atoms with E-state index >= 15 is 0 Å². The maximum absolute atomic E-state index is 12.7. The molecular weight excluding hydrogens is 244 g/mol. The first-order valence-corrected chi connectivity index (χ1v) is 7.25. The van der Waals surface area contributed by atoms with Gasteiger partial charge in [0.15, 0.2) is 11.4 Å². The number of epoxide rings is 1. The van der Waals surface area contributed by atoms with E-state index in [0.29, 0.717) is 13.2 Å². The van der Waals surface area contributed by atoms with Gasteiger partial charge in [0.05, 0.1) is 25.0 Å². The number of esters is 1. The molecule has 4 aliphatic carbocycles. The highest BCUT2D eigenvalue weighted by atomic mass is 16.6. The van der Waals surface area contributed by atoms with E-state index in [0.717, 1.165) is 25.7 Å². The molecule has 5 rings (SSSR count). The van der Waals surface area contributed by atoms with Crippen molar-refractivity contribution < 1.29 is 19.1 Å². The topological polar surface area (TPSA) is 55.9 Å². The van der Waals surface area contributed by atoms with Crippen LogP contribution in [0.15, 0.2) is 11.1 Å². The van der Waals surface area contributed by atoms with Crippen molar-refractivity contribution in [3.05, 3.63) is 11.1 Å². The lowest BCUT2D eigenvalue weighted by atomic mass is 9.57. The maximum Gasteiger partial charge on any atom is 0.310 e. The highest BCUT2D eigenvalue weighted by molar-refractivity contribution is 6.00. The quantitative estimate of drug-likeness (QED) is 0.431. The zero-order valence-electron chi connectivity index (χ0n) is 11.1. The van der Waals surface area contributed by atoms with Crippen molar-refractivity contribution in [2.24, 2.45) is 17.8 Å². The van der Waals surface area contributed by atoms with Crippen molar-refractivity contribution in [3.63, 3.8) is 0 Å². The van der Waals surface area contributed by atoms with Crippen LogP contribution in [-0.2, 0) is 19.1 Å². The van der Waals surface area contributed by atoms with Crippen molar-refractivity contribution in [1.29, 1.82) is 0 Å². The predicted octanol–water partition coefficient (Wildman–Crippen LogP) is 1.63. The van der Waals surface area contributed by atoms with Crippen LogP contribution in [-0.4, -0.2) is 30.6 Å². The highest BCUT2D eigenvalue weighted by Crippen LogP contribution is 2.61. The number of rotatable bonds is 2. The normalized spacial score (nSPS) is 42.8. The van der Waals surface area contributed by atoms with Crippen LogP contribution in [0, 0.1) is 17.8 Å². The number of ether oxygens (including phenoxy) is 2. The molecule has 4 heteroatoms. The van der Waals surface area contributed by atoms with Gasteiger partial charge in [-0.1, -0.05) is 11.1 Å². The molecule has 0 amide bonds. The van der Waals surface area contributed by atoms with Gasteiger partial charge in [0.1, 0.15) is 0 Å². The zero-order chi connectivity index (χ0) is 13.2. The van der Waals surface area contributed by atoms with E-state index in [1.807, 2.05) is 6.92 Å². The number of hydrogen-bond donors (Lipinski definition) is 0. The van der Waals surface area contributed by atoms with Gasteiger partial charge in [0, 0.05) is 5.92 Å². The van der Waals surface area contributed by atoms with Gasteiger partial charge in [0.25, 0.3) is 0 Å². The Kier molecular flexibility index (Phi) is 2.26. The Morgan fingerprint density at radius 2 is 2.16 bits per heavy atom. The number of Topliss-reactive ketones (excluding diaryl/α,β-unsaturated/α-hetero) is 1. The molecule has 0 aromatic carbocycles. The number of hydrogen-bond acceptors (Lipinski definition) is 4. The first-order chi connectivity index (χ1) is 9.19. The molecule has 1 heterocycles. The van der Waals surface area contributed by atoms with Crippen molar-refractivity contribution in [2.45, 2.75) is 38.2 Å². The largest absolute Gasteiger partial charge is 0.466 e. The fraction of sp³-hybridized carbons (Fsp3) is 0.733. The molecule has 1 saturated carbocycles. The molecule has 1 saturated heterocycles. The van der Waals surface area contributed by atoms with Crippen molar-refractivity contribution in [3.8, 4) is 0 Å². The van der Waals surface area contributed by atoms with E-state index in [2.05, 4.69) is 0 Å². The number of carbonyl (C=O) groups is 2. The van der Waals surface area contributed by atoms with E-state index in [4.69, 9.17) is 9.47 Å². The molecular formula is C15H18O4. The van der Waals surface area contributed by atoms with Crippen LogP contribution in [0.25, 0.3) is 0 Å². The second-order valence-electron chi connectivity index (χ2n) is 6.07. The van der Waals surface area contributed by atoms with E-state index in [1.165, 1.54) is 11.1 Å². The molecule has 4 atom stereocenters. The molecule has 2 fully saturated rings. The molecule has 0 aromatic heterocycles. The molecule has 0 unspecified atom stereocenters. The minimum absolute atomic E-state index is 0.150. The second-order valence-corrected chi connectivity index (χ2v) is 6.07. The molecule has 4 nitrogen and oxygen atoms in total. The molecule has 2 bridgehead atoms. The second kappa shape index (κ2) is 3.69. The number of fused-ring (bicyclic) bond motifs is 1. The third-order valence-electron chi connectivity index (χ3n) is 5.30. The summed E-state index contributed by atoms with van der Waals surface area (Å²) in [5.41, 5.74) is 2.14. The summed E-state index contributed by atoms with van der Waals surface area (Å²) in [5.74, 6) is -0.396. The Balaban J connectivity index is 1.75. The minimum atomic E-state index is -0.545. The van der Waals surface area contributed by atoms with Gasteiger partial charge in [0.2, 0.25) is 0 Å². The summed E-state index contributed by atoms with van der Waals surface area (Å²) in [6.45, 7) is 2.75. The molecule has 19 heavy (non-hydrogen) atoms. The van der Waals surface area contributed by atoms with Gasteiger partial charge < -0.3 is 9.47 Å². The first-order valence-electron chi connectivity index (χ1n) is 7.25. The third-order valence-corrected chi connectivity index (χ3v) is 5.30.